The van der Waals surface area contributed by atoms with Crippen molar-refractivity contribution in [3.8, 4) is 0 Å². The summed E-state index contributed by atoms with van der Waals surface area (Å²) in [6, 6.07) is -2.11. The monoisotopic (exact) mass is 427 g/mol. The van der Waals surface area contributed by atoms with Crippen LogP contribution >= 0.6 is 0 Å². The SMILES string of the molecule is O=C([O-])C[C@@H]1OCC=C2C[NH+]3CC[C@]45C6=CC(=O)C(=O)C([N+](=O)[O-])C6=N[C@H]4[C@H]1[C@@H]2C[C@H]35. The molecule has 4 aliphatic heterocycles. The average Bonchev–Trinajstić information content (AvgIpc) is 3.18. The van der Waals surface area contributed by atoms with E-state index in [1.165, 1.54) is 16.5 Å². The third-order valence-corrected chi connectivity index (χ3v) is 8.47. The average molecular weight is 427 g/mol. The number of quaternary nitrogens is 1. The molecule has 10 nitrogen and oxygen atoms in total. The summed E-state index contributed by atoms with van der Waals surface area (Å²) >= 11 is 0. The van der Waals surface area contributed by atoms with Crippen LogP contribution in [0.5, 0.6) is 0 Å². The van der Waals surface area contributed by atoms with Crippen molar-refractivity contribution >= 4 is 23.2 Å². The molecule has 162 valence electrons. The topological polar surface area (TPSA) is 143 Å². The van der Waals surface area contributed by atoms with Gasteiger partial charge in [-0.2, -0.15) is 0 Å². The Morgan fingerprint density at radius 2 is 2.19 bits per heavy atom. The van der Waals surface area contributed by atoms with Crippen LogP contribution in [0.4, 0.5) is 0 Å². The number of hydrogen-bond donors (Lipinski definition) is 1. The van der Waals surface area contributed by atoms with E-state index in [-0.39, 0.29) is 30.0 Å². The van der Waals surface area contributed by atoms with E-state index in [0.29, 0.717) is 18.6 Å². The fraction of sp³-hybridized carbons (Fsp3) is 0.619. The first-order valence-electron chi connectivity index (χ1n) is 10.7. The van der Waals surface area contributed by atoms with Crippen LogP contribution in [-0.4, -0.2) is 72.1 Å². The van der Waals surface area contributed by atoms with Crippen LogP contribution in [0.25, 0.3) is 0 Å². The van der Waals surface area contributed by atoms with E-state index >= 15 is 0 Å². The Hall–Kier alpha value is -2.72. The number of ether oxygens (including phenoxy) is 1. The van der Waals surface area contributed by atoms with E-state index in [2.05, 4.69) is 0 Å². The van der Waals surface area contributed by atoms with Gasteiger partial charge >= 0.3 is 6.04 Å². The third-order valence-electron chi connectivity index (χ3n) is 8.47. The summed E-state index contributed by atoms with van der Waals surface area (Å²) in [5.41, 5.74) is 1.26. The minimum absolute atomic E-state index is 0.0717. The predicted molar refractivity (Wildman–Crippen MR) is 101 cm³/mol. The highest BCUT2D eigenvalue weighted by atomic mass is 16.6. The van der Waals surface area contributed by atoms with Crippen LogP contribution in [0, 0.1) is 27.4 Å². The zero-order valence-corrected chi connectivity index (χ0v) is 16.6. The minimum atomic E-state index is -1.78. The molecule has 1 spiro atoms. The number of nitro groups is 1. The van der Waals surface area contributed by atoms with Crippen molar-refractivity contribution in [2.75, 3.05) is 19.7 Å². The Morgan fingerprint density at radius 3 is 2.94 bits per heavy atom. The molecular weight excluding hydrogens is 406 g/mol. The number of aliphatic imine (C=N–C) groups is 1. The highest BCUT2D eigenvalue weighted by molar-refractivity contribution is 6.51. The molecule has 0 aromatic carbocycles. The van der Waals surface area contributed by atoms with Crippen LogP contribution in [0.3, 0.4) is 0 Å². The second-order valence-electron chi connectivity index (χ2n) is 9.51. The Kier molecular flexibility index (Phi) is 3.78. The van der Waals surface area contributed by atoms with Crippen molar-refractivity contribution in [1.29, 1.82) is 0 Å². The molecule has 1 N–H and O–H groups in total. The number of Topliss-reactive ketones (excluding diaryl/α,β-unsaturated/α-hetero) is 1. The Morgan fingerprint density at radius 1 is 1.39 bits per heavy atom. The van der Waals surface area contributed by atoms with Crippen LogP contribution < -0.4 is 10.0 Å². The number of fused-ring (bicyclic) bond motifs is 2. The number of aliphatic carboxylic acids is 1. The summed E-state index contributed by atoms with van der Waals surface area (Å²) in [4.78, 5) is 53.5. The Balaban J connectivity index is 1.56. The summed E-state index contributed by atoms with van der Waals surface area (Å²) < 4.78 is 5.95. The molecule has 2 bridgehead atoms. The van der Waals surface area contributed by atoms with Crippen molar-refractivity contribution in [2.45, 2.75) is 43.5 Å². The lowest BCUT2D eigenvalue weighted by Crippen LogP contribution is -3.16. The van der Waals surface area contributed by atoms with Crippen LogP contribution in [0.2, 0.25) is 0 Å². The quantitative estimate of drug-likeness (QED) is 0.223. The number of hydrogen-bond acceptors (Lipinski definition) is 8. The number of piperidine rings is 1. The molecule has 10 heteroatoms. The molecule has 31 heavy (non-hydrogen) atoms. The Bertz CT molecular complexity index is 1050. The van der Waals surface area contributed by atoms with E-state index in [1.54, 1.807) is 0 Å². The molecule has 3 fully saturated rings. The zero-order valence-electron chi connectivity index (χ0n) is 16.6. The van der Waals surface area contributed by atoms with Gasteiger partial charge in [-0.05, 0) is 23.1 Å². The van der Waals surface area contributed by atoms with Crippen LogP contribution in [0.1, 0.15) is 19.3 Å². The van der Waals surface area contributed by atoms with Gasteiger partial charge in [0, 0.05) is 36.1 Å². The molecule has 1 saturated carbocycles. The lowest BCUT2D eigenvalue weighted by molar-refractivity contribution is -0.917. The van der Waals surface area contributed by atoms with Gasteiger partial charge < -0.3 is 19.5 Å². The highest BCUT2D eigenvalue weighted by Crippen LogP contribution is 2.60. The van der Waals surface area contributed by atoms with Crippen molar-refractivity contribution in [1.82, 2.24) is 0 Å². The zero-order chi connectivity index (χ0) is 21.7. The van der Waals surface area contributed by atoms with Gasteiger partial charge in [0.15, 0.2) is 0 Å². The number of ketones is 2. The van der Waals surface area contributed by atoms with E-state index in [0.717, 1.165) is 19.5 Å². The molecule has 0 radical (unpaired) electrons. The van der Waals surface area contributed by atoms with Gasteiger partial charge in [-0.3, -0.25) is 24.7 Å². The molecule has 2 unspecified atom stereocenters. The predicted octanol–water partition coefficient (Wildman–Crippen LogP) is -2.71. The molecule has 2 saturated heterocycles. The van der Waals surface area contributed by atoms with Crippen molar-refractivity contribution in [2.24, 2.45) is 22.2 Å². The number of rotatable bonds is 3. The number of carbonyl (C=O) groups excluding carboxylic acids is 3. The molecule has 2 aliphatic carbocycles. The van der Waals surface area contributed by atoms with Crippen molar-refractivity contribution in [3.63, 3.8) is 0 Å². The Labute approximate surface area is 176 Å². The summed E-state index contributed by atoms with van der Waals surface area (Å²) in [5.74, 6) is -3.34. The number of carbonyl (C=O) groups is 3. The molecule has 6 aliphatic rings. The largest absolute Gasteiger partial charge is 0.550 e. The van der Waals surface area contributed by atoms with Gasteiger partial charge in [0.05, 0.1) is 37.3 Å². The van der Waals surface area contributed by atoms with Gasteiger partial charge in [-0.15, -0.1) is 0 Å². The van der Waals surface area contributed by atoms with Crippen LogP contribution in [-0.2, 0) is 19.1 Å². The van der Waals surface area contributed by atoms with E-state index in [9.17, 15) is 29.6 Å². The first-order valence-corrected chi connectivity index (χ1v) is 10.7. The third kappa shape index (κ3) is 2.29. The van der Waals surface area contributed by atoms with Crippen molar-refractivity contribution < 1.29 is 34.1 Å². The maximum Gasteiger partial charge on any atom is 0.319 e. The normalized spacial score (nSPS) is 44.5. The molecule has 0 amide bonds. The molecule has 8 atom stereocenters. The van der Waals surface area contributed by atoms with E-state index < -0.39 is 46.1 Å². The minimum Gasteiger partial charge on any atom is -0.550 e. The molecular formula is C21H21N3O7. The fourth-order valence-electron chi connectivity index (χ4n) is 7.45. The van der Waals surface area contributed by atoms with Gasteiger partial charge in [0.25, 0.3) is 5.78 Å². The summed E-state index contributed by atoms with van der Waals surface area (Å²) in [5, 5.41) is 23.3. The summed E-state index contributed by atoms with van der Waals surface area (Å²) in [7, 11) is 0. The number of nitrogens with one attached hydrogen (secondary N) is 1. The molecule has 0 aromatic heterocycles. The molecule has 0 aromatic rings. The standard InChI is InChI=1S/C21H21N3O7/c25-12-6-11-17(18(19(12)28)24(29)30)22-20-16-10-5-14-21(11,20)2-3-23(14)8-9(10)1-4-31-13(16)7-15(26)27/h1,6,10,13-14,16,18,20H,2-5,7-8H2,(H,26,27)/t10-,13+,14+,16+,18?,20+,21-/m1/s1. The van der Waals surface area contributed by atoms with Crippen LogP contribution in [0.15, 0.2) is 28.3 Å². The van der Waals surface area contributed by atoms with E-state index in [1.807, 2.05) is 6.08 Å². The molecule has 6 rings (SSSR count). The fourth-order valence-corrected chi connectivity index (χ4v) is 7.45. The number of carboxylic acids is 1. The summed E-state index contributed by atoms with van der Waals surface area (Å²) in [6.45, 7) is 1.97. The first kappa shape index (κ1) is 19.0. The second-order valence-corrected chi connectivity index (χ2v) is 9.51. The van der Waals surface area contributed by atoms with Gasteiger partial charge in [-0.1, -0.05) is 6.08 Å². The first-order chi connectivity index (χ1) is 14.8. The smallest absolute Gasteiger partial charge is 0.319 e. The highest BCUT2D eigenvalue weighted by Gasteiger charge is 2.72. The lowest BCUT2D eigenvalue weighted by atomic mass is 9.53. The number of carboxylic acid groups (broad SMARTS) is 1. The van der Waals surface area contributed by atoms with E-state index in [4.69, 9.17) is 9.73 Å². The number of nitrogens with zero attached hydrogens (tertiary/aromatic N) is 2. The maximum atomic E-state index is 12.4. The maximum absolute atomic E-state index is 12.4. The second kappa shape index (κ2) is 6.17. The summed E-state index contributed by atoms with van der Waals surface area (Å²) in [6.07, 6.45) is 3.89. The number of allylic oxidation sites excluding steroid dienone is 1. The lowest BCUT2D eigenvalue weighted by Gasteiger charge is -2.53. The molecule has 4 heterocycles. The van der Waals surface area contributed by atoms with Gasteiger partial charge in [-0.25, -0.2) is 0 Å². The van der Waals surface area contributed by atoms with Crippen molar-refractivity contribution in [3.05, 3.63) is 33.4 Å². The van der Waals surface area contributed by atoms with Gasteiger partial charge in [0.1, 0.15) is 11.8 Å². The van der Waals surface area contributed by atoms with Gasteiger partial charge in [0.2, 0.25) is 5.78 Å².